The summed E-state index contributed by atoms with van der Waals surface area (Å²) < 4.78 is 26.1. The van der Waals surface area contributed by atoms with Crippen LogP contribution in [-0.2, 0) is 16.3 Å². The van der Waals surface area contributed by atoms with Crippen molar-refractivity contribution in [1.82, 2.24) is 5.32 Å². The van der Waals surface area contributed by atoms with Crippen molar-refractivity contribution in [2.24, 2.45) is 5.73 Å². The van der Waals surface area contributed by atoms with Gasteiger partial charge in [0.15, 0.2) is 0 Å². The number of halogens is 1. The fourth-order valence-electron chi connectivity index (χ4n) is 3.51. The molecule has 0 aliphatic rings. The van der Waals surface area contributed by atoms with Gasteiger partial charge in [0.1, 0.15) is 0 Å². The molecule has 7 nitrogen and oxygen atoms in total. The number of carbonyl (C=O) groups is 1. The van der Waals surface area contributed by atoms with Crippen LogP contribution >= 0.6 is 11.6 Å². The second-order valence-electron chi connectivity index (χ2n) is 7.77. The summed E-state index contributed by atoms with van der Waals surface area (Å²) in [5.74, 6) is -0.698. The van der Waals surface area contributed by atoms with Gasteiger partial charge in [-0.1, -0.05) is 35.9 Å². The molecule has 5 N–H and O–H groups in total. The lowest BCUT2D eigenvalue weighted by atomic mass is 10.1. The summed E-state index contributed by atoms with van der Waals surface area (Å²) in [6.45, 7) is 3.42. The highest BCUT2D eigenvalue weighted by atomic mass is 35.5. The predicted octanol–water partition coefficient (Wildman–Crippen LogP) is 3.57. The fourth-order valence-corrected chi connectivity index (χ4v) is 5.00. The zero-order valence-corrected chi connectivity index (χ0v) is 20.4. The highest BCUT2D eigenvalue weighted by Crippen LogP contribution is 2.26. The van der Waals surface area contributed by atoms with E-state index in [4.69, 9.17) is 17.3 Å². The van der Waals surface area contributed by atoms with Crippen molar-refractivity contribution in [3.8, 4) is 0 Å². The summed E-state index contributed by atoms with van der Waals surface area (Å²) in [7, 11) is -3.81. The zero-order valence-electron chi connectivity index (χ0n) is 18.8. The van der Waals surface area contributed by atoms with E-state index in [1.807, 2.05) is 13.0 Å². The topological polar surface area (TPSA) is 122 Å². The summed E-state index contributed by atoms with van der Waals surface area (Å²) in [4.78, 5) is 11.9. The van der Waals surface area contributed by atoms with E-state index in [0.717, 1.165) is 11.1 Å². The maximum atomic E-state index is 13.1. The summed E-state index contributed by atoms with van der Waals surface area (Å²) in [6, 6.07) is 18.0. The first-order valence-corrected chi connectivity index (χ1v) is 12.7. The predicted molar refractivity (Wildman–Crippen MR) is 134 cm³/mol. The smallest absolute Gasteiger partial charge is 0.250 e. The van der Waals surface area contributed by atoms with Crippen LogP contribution in [0.1, 0.15) is 34.5 Å². The summed E-state index contributed by atoms with van der Waals surface area (Å²) in [5.41, 5.74) is 7.75. The summed E-state index contributed by atoms with van der Waals surface area (Å²) in [5, 5.41) is 17.0. The molecule has 1 amide bonds. The molecule has 0 radical (unpaired) electrons. The van der Waals surface area contributed by atoms with Crippen LogP contribution in [0.3, 0.4) is 0 Å². The number of primary amides is 1. The van der Waals surface area contributed by atoms with E-state index < -0.39 is 21.8 Å². The SMILES string of the molecule is CCNc1ccc(S(=O)(=O)c2ccc(CCNC[C@@H](O)c3cccc(Cl)c3)cc2)cc1C(N)=O. The largest absolute Gasteiger partial charge is 0.387 e. The van der Waals surface area contributed by atoms with Crippen molar-refractivity contribution in [3.63, 3.8) is 0 Å². The number of hydrogen-bond donors (Lipinski definition) is 4. The molecule has 0 heterocycles. The highest BCUT2D eigenvalue weighted by molar-refractivity contribution is 7.91. The summed E-state index contributed by atoms with van der Waals surface area (Å²) in [6.07, 6.45) is -0.0124. The van der Waals surface area contributed by atoms with Gasteiger partial charge in [-0.05, 0) is 73.5 Å². The number of amides is 1. The molecular weight excluding hydrogens is 474 g/mol. The minimum Gasteiger partial charge on any atom is -0.387 e. The molecule has 9 heteroatoms. The number of anilines is 1. The maximum Gasteiger partial charge on any atom is 0.250 e. The second kappa shape index (κ2) is 11.5. The van der Waals surface area contributed by atoms with E-state index >= 15 is 0 Å². The normalized spacial score (nSPS) is 12.3. The van der Waals surface area contributed by atoms with Crippen molar-refractivity contribution in [1.29, 1.82) is 0 Å². The van der Waals surface area contributed by atoms with Gasteiger partial charge in [0.25, 0.3) is 5.91 Å². The average molecular weight is 502 g/mol. The zero-order chi connectivity index (χ0) is 24.7. The van der Waals surface area contributed by atoms with Gasteiger partial charge >= 0.3 is 0 Å². The fraction of sp³-hybridized carbons (Fsp3) is 0.240. The Bertz CT molecular complexity index is 1250. The van der Waals surface area contributed by atoms with Crippen molar-refractivity contribution < 1.29 is 18.3 Å². The van der Waals surface area contributed by atoms with Gasteiger partial charge in [-0.2, -0.15) is 0 Å². The van der Waals surface area contributed by atoms with Crippen LogP contribution in [0.5, 0.6) is 0 Å². The molecule has 0 unspecified atom stereocenters. The van der Waals surface area contributed by atoms with Crippen molar-refractivity contribution >= 4 is 33.0 Å². The minimum absolute atomic E-state index is 0.00683. The maximum absolute atomic E-state index is 13.1. The number of aliphatic hydroxyl groups excluding tert-OH is 1. The Morgan fingerprint density at radius 1 is 1.06 bits per heavy atom. The van der Waals surface area contributed by atoms with Crippen LogP contribution in [0.4, 0.5) is 5.69 Å². The minimum atomic E-state index is -3.81. The molecule has 3 rings (SSSR count). The van der Waals surface area contributed by atoms with E-state index in [9.17, 15) is 18.3 Å². The van der Waals surface area contributed by atoms with E-state index in [0.29, 0.717) is 36.8 Å². The number of aliphatic hydroxyl groups is 1. The molecule has 0 fully saturated rings. The third-order valence-electron chi connectivity index (χ3n) is 5.33. The lowest BCUT2D eigenvalue weighted by Crippen LogP contribution is -2.23. The number of carbonyl (C=O) groups excluding carboxylic acids is 1. The van der Waals surface area contributed by atoms with Crippen LogP contribution in [0.25, 0.3) is 0 Å². The van der Waals surface area contributed by atoms with Crippen LogP contribution in [-0.4, -0.2) is 39.1 Å². The second-order valence-corrected chi connectivity index (χ2v) is 10.2. The molecule has 3 aromatic carbocycles. The van der Waals surface area contributed by atoms with Gasteiger partial charge in [-0.15, -0.1) is 0 Å². The molecule has 0 saturated heterocycles. The third-order valence-corrected chi connectivity index (χ3v) is 7.33. The highest BCUT2D eigenvalue weighted by Gasteiger charge is 2.20. The lowest BCUT2D eigenvalue weighted by molar-refractivity contribution is 0.100. The van der Waals surface area contributed by atoms with Gasteiger partial charge in [-0.25, -0.2) is 8.42 Å². The standard InChI is InChI=1S/C25H28ClN3O4S/c1-2-29-23-11-10-21(15-22(23)25(27)31)34(32,33)20-8-6-17(7-9-20)12-13-28-16-24(30)18-4-3-5-19(26)14-18/h3-11,14-15,24,28-30H,2,12-13,16H2,1H3,(H2,27,31)/t24-/m1/s1. The lowest BCUT2D eigenvalue weighted by Gasteiger charge is -2.13. The Morgan fingerprint density at radius 3 is 2.41 bits per heavy atom. The molecule has 0 aromatic heterocycles. The first kappa shape index (κ1) is 25.7. The Labute approximate surface area is 204 Å². The first-order chi connectivity index (χ1) is 16.2. The monoisotopic (exact) mass is 501 g/mol. The van der Waals surface area contributed by atoms with Gasteiger partial charge in [0.2, 0.25) is 9.84 Å². The molecule has 34 heavy (non-hydrogen) atoms. The molecule has 3 aromatic rings. The number of hydrogen-bond acceptors (Lipinski definition) is 6. The Morgan fingerprint density at radius 2 is 1.76 bits per heavy atom. The van der Waals surface area contributed by atoms with E-state index in [1.165, 1.54) is 12.1 Å². The number of rotatable bonds is 11. The number of nitrogens with one attached hydrogen (secondary N) is 2. The van der Waals surface area contributed by atoms with Gasteiger partial charge in [0.05, 0.1) is 21.5 Å². The van der Waals surface area contributed by atoms with Gasteiger partial charge in [0, 0.05) is 23.8 Å². The molecule has 0 aliphatic carbocycles. The van der Waals surface area contributed by atoms with Gasteiger partial charge in [-0.3, -0.25) is 4.79 Å². The molecule has 0 spiro atoms. The molecule has 180 valence electrons. The van der Waals surface area contributed by atoms with Crippen molar-refractivity contribution in [2.45, 2.75) is 29.2 Å². The molecule has 0 aliphatic heterocycles. The van der Waals surface area contributed by atoms with E-state index in [2.05, 4.69) is 10.6 Å². The van der Waals surface area contributed by atoms with E-state index in [-0.39, 0.29) is 15.4 Å². The van der Waals surface area contributed by atoms with E-state index in [1.54, 1.807) is 48.5 Å². The molecule has 0 saturated carbocycles. The van der Waals surface area contributed by atoms with Crippen molar-refractivity contribution in [2.75, 3.05) is 25.0 Å². The molecular formula is C25H28ClN3O4S. The first-order valence-electron chi connectivity index (χ1n) is 10.9. The van der Waals surface area contributed by atoms with Crippen LogP contribution in [0.2, 0.25) is 5.02 Å². The van der Waals surface area contributed by atoms with Gasteiger partial charge < -0.3 is 21.5 Å². The Balaban J connectivity index is 1.62. The molecule has 0 bridgehead atoms. The average Bonchev–Trinajstić information content (AvgIpc) is 2.82. The molecule has 1 atom stereocenters. The van der Waals surface area contributed by atoms with Crippen LogP contribution in [0.15, 0.2) is 76.5 Å². The Kier molecular flexibility index (Phi) is 8.68. The third kappa shape index (κ3) is 6.36. The summed E-state index contributed by atoms with van der Waals surface area (Å²) >= 11 is 5.96. The van der Waals surface area contributed by atoms with Crippen LogP contribution in [0, 0.1) is 0 Å². The quantitative estimate of drug-likeness (QED) is 0.298. The Hall–Kier alpha value is -2.91. The van der Waals surface area contributed by atoms with Crippen LogP contribution < -0.4 is 16.4 Å². The number of nitrogens with two attached hydrogens (primary N) is 1. The number of sulfone groups is 1. The van der Waals surface area contributed by atoms with Crippen molar-refractivity contribution in [3.05, 3.63) is 88.4 Å². The number of benzene rings is 3.